The Labute approximate surface area is 121 Å². The Morgan fingerprint density at radius 1 is 1.06 bits per heavy atom. The molecule has 0 unspecified atom stereocenters. The molecule has 0 saturated heterocycles. The third kappa shape index (κ3) is 3.85. The Bertz CT molecular complexity index is 511. The van der Waals surface area contributed by atoms with Gasteiger partial charge in [0.2, 0.25) is 0 Å². The van der Waals surface area contributed by atoms with E-state index in [2.05, 4.69) is 12.1 Å². The Morgan fingerprint density at radius 3 is 2.33 bits per heavy atom. The quantitative estimate of drug-likeness (QED) is 0.678. The van der Waals surface area contributed by atoms with Gasteiger partial charge in [0.1, 0.15) is 0 Å². The normalized spacial score (nSPS) is 9.61. The van der Waals surface area contributed by atoms with Gasteiger partial charge >= 0.3 is 122 Å². The van der Waals surface area contributed by atoms with Crippen molar-refractivity contribution in [1.29, 1.82) is 0 Å². The van der Waals surface area contributed by atoms with E-state index >= 15 is 0 Å². The van der Waals surface area contributed by atoms with E-state index in [9.17, 15) is 4.79 Å². The summed E-state index contributed by atoms with van der Waals surface area (Å²) in [5.74, 6) is 0.782. The molecule has 0 bridgehead atoms. The van der Waals surface area contributed by atoms with E-state index < -0.39 is 23.1 Å². The SMILES string of the molecule is COc1ccc(C(=O)[S][Hg][c]2ccccc2)cc1. The van der Waals surface area contributed by atoms with Crippen LogP contribution in [0.5, 0.6) is 5.75 Å². The summed E-state index contributed by atoms with van der Waals surface area (Å²) in [6.45, 7) is 0. The van der Waals surface area contributed by atoms with Crippen molar-refractivity contribution in [2.75, 3.05) is 7.11 Å². The molecule has 0 fully saturated rings. The van der Waals surface area contributed by atoms with Gasteiger partial charge < -0.3 is 0 Å². The van der Waals surface area contributed by atoms with Crippen molar-refractivity contribution < 1.29 is 32.6 Å². The van der Waals surface area contributed by atoms with Gasteiger partial charge in [-0.3, -0.25) is 0 Å². The molecule has 2 nitrogen and oxygen atoms in total. The maximum absolute atomic E-state index is 12.0. The van der Waals surface area contributed by atoms with Gasteiger partial charge in [-0.05, 0) is 0 Å². The van der Waals surface area contributed by atoms with Crippen LogP contribution in [0, 0.1) is 0 Å². The van der Waals surface area contributed by atoms with E-state index in [-0.39, 0.29) is 5.12 Å². The van der Waals surface area contributed by atoms with E-state index in [1.807, 2.05) is 42.5 Å². The zero-order valence-corrected chi connectivity index (χ0v) is 16.4. The molecule has 0 spiro atoms. The minimum absolute atomic E-state index is 0.183. The van der Waals surface area contributed by atoms with Crippen LogP contribution in [0.2, 0.25) is 0 Å². The summed E-state index contributed by atoms with van der Waals surface area (Å²) in [5, 5.41) is 0.183. The fourth-order valence-corrected chi connectivity index (χ4v) is 11.0. The zero-order valence-electron chi connectivity index (χ0n) is 10.1. The van der Waals surface area contributed by atoms with Crippen LogP contribution in [0.4, 0.5) is 0 Å². The summed E-state index contributed by atoms with van der Waals surface area (Å²) in [6, 6.07) is 17.6. The molecule has 2 rings (SSSR count). The van der Waals surface area contributed by atoms with Gasteiger partial charge in [-0.15, -0.1) is 0 Å². The molecule has 0 saturated carbocycles. The summed E-state index contributed by atoms with van der Waals surface area (Å²) in [7, 11) is 3.16. The van der Waals surface area contributed by atoms with Crippen LogP contribution < -0.4 is 7.81 Å². The Balaban J connectivity index is 1.95. The minimum atomic E-state index is -1.35. The van der Waals surface area contributed by atoms with E-state index in [0.29, 0.717) is 0 Å². The monoisotopic (exact) mass is 446 g/mol. The first kappa shape index (κ1) is 13.6. The molecule has 0 aliphatic heterocycles. The predicted octanol–water partition coefficient (Wildman–Crippen LogP) is 2.89. The standard InChI is InChI=1S/C8H8O2S.C6H5.Hg/c1-10-7-4-2-6(3-5-7)8(9)11;1-2-4-6-5-3-1;/h2-5H,1H3,(H,9,11);1-5H;/q;;+1/p-1. The van der Waals surface area contributed by atoms with Crippen molar-refractivity contribution in [3.05, 3.63) is 60.2 Å². The maximum atomic E-state index is 12.0. The number of carbonyl (C=O) groups excluding carboxylic acids is 1. The number of hydrogen-bond acceptors (Lipinski definition) is 3. The number of ether oxygens (including phenoxy) is 1. The van der Waals surface area contributed by atoms with Gasteiger partial charge in [0.25, 0.3) is 0 Å². The second-order valence-corrected chi connectivity index (χ2v) is 14.6. The molecule has 0 heterocycles. The molecule has 4 heteroatoms. The topological polar surface area (TPSA) is 26.3 Å². The summed E-state index contributed by atoms with van der Waals surface area (Å²) in [5.41, 5.74) is 0.761. The van der Waals surface area contributed by atoms with Gasteiger partial charge in [-0.25, -0.2) is 0 Å². The van der Waals surface area contributed by atoms with Gasteiger partial charge in [0.05, 0.1) is 0 Å². The van der Waals surface area contributed by atoms with Crippen LogP contribution in [0.25, 0.3) is 0 Å². The first-order chi connectivity index (χ1) is 8.79. The second-order valence-electron chi connectivity index (χ2n) is 3.79. The Hall–Kier alpha value is -0.805. The molecule has 2 aromatic rings. The Kier molecular flexibility index (Phi) is 5.26. The van der Waals surface area contributed by atoms with E-state index in [4.69, 9.17) is 4.74 Å². The molecule has 0 aromatic heterocycles. The number of benzene rings is 2. The molecule has 88 valence electrons. The van der Waals surface area contributed by atoms with Crippen LogP contribution in [0.15, 0.2) is 54.6 Å². The van der Waals surface area contributed by atoms with Crippen LogP contribution in [-0.2, 0) is 23.1 Å². The molecule has 18 heavy (non-hydrogen) atoms. The molecular weight excluding hydrogens is 433 g/mol. The summed E-state index contributed by atoms with van der Waals surface area (Å²) < 4.78 is 6.45. The number of hydrogen-bond donors (Lipinski definition) is 0. The van der Waals surface area contributed by atoms with Crippen LogP contribution >= 0.6 is 8.24 Å². The molecule has 2 aromatic carbocycles. The third-order valence-corrected chi connectivity index (χ3v) is 14.0. The van der Waals surface area contributed by atoms with Crippen LogP contribution in [-0.4, -0.2) is 12.2 Å². The second kappa shape index (κ2) is 6.95. The van der Waals surface area contributed by atoms with Crippen LogP contribution in [0.3, 0.4) is 0 Å². The third-order valence-electron chi connectivity index (χ3n) is 2.54. The Morgan fingerprint density at radius 2 is 1.72 bits per heavy atom. The van der Waals surface area contributed by atoms with Crippen molar-refractivity contribution in [3.63, 3.8) is 0 Å². The van der Waals surface area contributed by atoms with Gasteiger partial charge in [-0.2, -0.15) is 0 Å². The van der Waals surface area contributed by atoms with E-state index in [1.54, 1.807) is 7.11 Å². The van der Waals surface area contributed by atoms with Gasteiger partial charge in [0, 0.05) is 0 Å². The average molecular weight is 445 g/mol. The van der Waals surface area contributed by atoms with Crippen molar-refractivity contribution in [1.82, 2.24) is 0 Å². The van der Waals surface area contributed by atoms with Crippen molar-refractivity contribution in [2.24, 2.45) is 0 Å². The van der Waals surface area contributed by atoms with Crippen molar-refractivity contribution >= 4 is 16.4 Å². The van der Waals surface area contributed by atoms with Crippen LogP contribution in [0.1, 0.15) is 10.4 Å². The van der Waals surface area contributed by atoms with E-state index in [0.717, 1.165) is 11.3 Å². The molecule has 0 aliphatic rings. The molecule has 0 atom stereocenters. The summed E-state index contributed by atoms with van der Waals surface area (Å²) >= 11 is -1.35. The first-order valence-electron chi connectivity index (χ1n) is 5.64. The van der Waals surface area contributed by atoms with Crippen molar-refractivity contribution in [2.45, 2.75) is 0 Å². The summed E-state index contributed by atoms with van der Waals surface area (Å²) in [6.07, 6.45) is 0. The fraction of sp³-hybridized carbons (Fsp3) is 0.0714. The predicted molar refractivity (Wildman–Crippen MR) is 71.0 cm³/mol. The van der Waals surface area contributed by atoms with Gasteiger partial charge in [0.15, 0.2) is 0 Å². The number of carbonyl (C=O) groups is 1. The number of rotatable bonds is 4. The fourth-order valence-electron chi connectivity index (χ4n) is 1.53. The average Bonchev–Trinajstić information content (AvgIpc) is 2.46. The molecule has 0 amide bonds. The molecule has 0 radical (unpaired) electrons. The first-order valence-corrected chi connectivity index (χ1v) is 16.1. The zero-order chi connectivity index (χ0) is 12.8. The van der Waals surface area contributed by atoms with Gasteiger partial charge in [-0.1, -0.05) is 0 Å². The molecule has 0 N–H and O–H groups in total. The molecular formula is C14H12HgO2S. The van der Waals surface area contributed by atoms with Crippen molar-refractivity contribution in [3.8, 4) is 5.75 Å². The molecule has 0 aliphatic carbocycles. The number of methoxy groups -OCH3 is 1. The summed E-state index contributed by atoms with van der Waals surface area (Å²) in [4.78, 5) is 12.0. The van der Waals surface area contributed by atoms with E-state index in [1.165, 1.54) is 11.3 Å².